The normalized spacial score (nSPS) is 15.7. The largest absolute Gasteiger partial charge is 0.492 e. The number of aryl methyl sites for hydroxylation is 1. The van der Waals surface area contributed by atoms with Crippen LogP contribution in [0.3, 0.4) is 0 Å². The van der Waals surface area contributed by atoms with Crippen LogP contribution < -0.4 is 14.8 Å². The Morgan fingerprint density at radius 1 is 1.35 bits per heavy atom. The molecule has 0 aliphatic carbocycles. The topological polar surface area (TPSA) is 47.6 Å². The summed E-state index contributed by atoms with van der Waals surface area (Å²) in [5, 5.41) is 3.49. The van der Waals surface area contributed by atoms with Crippen molar-refractivity contribution in [3.8, 4) is 11.5 Å². The van der Waals surface area contributed by atoms with E-state index in [-0.39, 0.29) is 5.91 Å². The second kappa shape index (κ2) is 6.92. The number of hydrogen-bond acceptors (Lipinski definition) is 3. The Hall–Kier alpha value is -2.20. The van der Waals surface area contributed by atoms with Crippen LogP contribution in [0, 0.1) is 6.92 Å². The van der Waals surface area contributed by atoms with Crippen molar-refractivity contribution in [2.45, 2.75) is 19.4 Å². The van der Waals surface area contributed by atoms with Crippen molar-refractivity contribution < 1.29 is 14.3 Å². The quantitative estimate of drug-likeness (QED) is 0.856. The molecule has 2 aromatic carbocycles. The molecule has 0 unspecified atom stereocenters. The summed E-state index contributed by atoms with van der Waals surface area (Å²) in [6, 6.07) is 13.2. The molecule has 5 heteroatoms. The zero-order chi connectivity index (χ0) is 16.2. The van der Waals surface area contributed by atoms with E-state index in [4.69, 9.17) is 21.1 Å². The minimum Gasteiger partial charge on any atom is -0.492 e. The minimum atomic E-state index is -0.498. The van der Waals surface area contributed by atoms with E-state index < -0.39 is 6.10 Å². The number of carbonyl (C=O) groups is 1. The number of rotatable bonds is 5. The highest BCUT2D eigenvalue weighted by Gasteiger charge is 2.28. The Balaban J connectivity index is 1.44. The average molecular weight is 332 g/mol. The predicted molar refractivity (Wildman–Crippen MR) is 89.3 cm³/mol. The molecule has 1 atom stereocenters. The summed E-state index contributed by atoms with van der Waals surface area (Å²) < 4.78 is 11.2. The predicted octanol–water partition coefficient (Wildman–Crippen LogP) is 3.15. The molecule has 23 heavy (non-hydrogen) atoms. The monoisotopic (exact) mass is 331 g/mol. The van der Waals surface area contributed by atoms with Crippen LogP contribution in [0.1, 0.15) is 11.1 Å². The lowest BCUT2D eigenvalue weighted by molar-refractivity contribution is -0.127. The van der Waals surface area contributed by atoms with E-state index in [0.717, 1.165) is 22.6 Å². The van der Waals surface area contributed by atoms with Crippen LogP contribution in [0.2, 0.25) is 5.02 Å². The highest BCUT2D eigenvalue weighted by molar-refractivity contribution is 6.30. The van der Waals surface area contributed by atoms with Gasteiger partial charge in [0.15, 0.2) is 6.10 Å². The lowest BCUT2D eigenvalue weighted by Gasteiger charge is -2.12. The van der Waals surface area contributed by atoms with Crippen molar-refractivity contribution in [1.29, 1.82) is 0 Å². The van der Waals surface area contributed by atoms with Crippen molar-refractivity contribution in [1.82, 2.24) is 5.32 Å². The number of carbonyl (C=O) groups excluding carboxylic acids is 1. The zero-order valence-corrected chi connectivity index (χ0v) is 13.6. The fraction of sp³-hybridized carbons (Fsp3) is 0.278. The van der Waals surface area contributed by atoms with E-state index >= 15 is 0 Å². The molecule has 4 nitrogen and oxygen atoms in total. The van der Waals surface area contributed by atoms with Crippen LogP contribution in [0.15, 0.2) is 42.5 Å². The smallest absolute Gasteiger partial charge is 0.261 e. The van der Waals surface area contributed by atoms with Crippen molar-refractivity contribution in [2.75, 3.05) is 13.2 Å². The van der Waals surface area contributed by atoms with Gasteiger partial charge in [-0.1, -0.05) is 23.7 Å². The van der Waals surface area contributed by atoms with Crippen molar-refractivity contribution in [2.24, 2.45) is 0 Å². The van der Waals surface area contributed by atoms with Gasteiger partial charge in [-0.15, -0.1) is 0 Å². The molecule has 3 rings (SSSR count). The van der Waals surface area contributed by atoms with Gasteiger partial charge in [-0.2, -0.15) is 0 Å². The third-order valence-electron chi connectivity index (χ3n) is 3.65. The molecular formula is C18H18ClNO3. The van der Waals surface area contributed by atoms with Gasteiger partial charge in [0, 0.05) is 11.4 Å². The standard InChI is InChI=1S/C18H18ClNO3/c1-12-3-2-4-15(9-12)22-8-7-20-18(21)17-11-13-10-14(19)5-6-16(13)23-17/h2-6,9-10,17H,7-8,11H2,1H3,(H,20,21)/t17-/m1/s1. The minimum absolute atomic E-state index is 0.134. The summed E-state index contributed by atoms with van der Waals surface area (Å²) in [4.78, 5) is 12.1. The van der Waals surface area contributed by atoms with Gasteiger partial charge in [-0.05, 0) is 48.4 Å². The number of benzene rings is 2. The third-order valence-corrected chi connectivity index (χ3v) is 3.88. The van der Waals surface area contributed by atoms with Gasteiger partial charge in [-0.25, -0.2) is 0 Å². The zero-order valence-electron chi connectivity index (χ0n) is 12.8. The summed E-state index contributed by atoms with van der Waals surface area (Å²) in [5.74, 6) is 1.40. The Morgan fingerprint density at radius 2 is 2.22 bits per heavy atom. The second-order valence-corrected chi connectivity index (χ2v) is 5.96. The maximum absolute atomic E-state index is 12.1. The van der Waals surface area contributed by atoms with Gasteiger partial charge in [0.1, 0.15) is 18.1 Å². The van der Waals surface area contributed by atoms with Gasteiger partial charge >= 0.3 is 0 Å². The number of amides is 1. The molecule has 0 bridgehead atoms. The fourth-order valence-corrected chi connectivity index (χ4v) is 2.72. The summed E-state index contributed by atoms with van der Waals surface area (Å²) >= 11 is 5.95. The molecule has 1 aliphatic rings. The molecule has 120 valence electrons. The Kier molecular flexibility index (Phi) is 4.72. The van der Waals surface area contributed by atoms with Gasteiger partial charge in [0.05, 0.1) is 6.54 Å². The van der Waals surface area contributed by atoms with Crippen molar-refractivity contribution in [3.63, 3.8) is 0 Å². The van der Waals surface area contributed by atoms with Crippen LogP contribution in [0.25, 0.3) is 0 Å². The first-order valence-electron chi connectivity index (χ1n) is 7.54. The molecular weight excluding hydrogens is 314 g/mol. The van der Waals surface area contributed by atoms with Gasteiger partial charge in [-0.3, -0.25) is 4.79 Å². The Bertz CT molecular complexity index is 717. The van der Waals surface area contributed by atoms with Gasteiger partial charge in [0.25, 0.3) is 5.91 Å². The van der Waals surface area contributed by atoms with Crippen LogP contribution in [-0.2, 0) is 11.2 Å². The van der Waals surface area contributed by atoms with E-state index in [9.17, 15) is 4.79 Å². The molecule has 0 saturated heterocycles. The fourth-order valence-electron chi connectivity index (χ4n) is 2.53. The van der Waals surface area contributed by atoms with Gasteiger partial charge < -0.3 is 14.8 Å². The molecule has 1 heterocycles. The first-order valence-corrected chi connectivity index (χ1v) is 7.92. The van der Waals surface area contributed by atoms with E-state index in [2.05, 4.69) is 5.32 Å². The SMILES string of the molecule is Cc1cccc(OCCNC(=O)[C@H]2Cc3cc(Cl)ccc3O2)c1. The molecule has 0 aromatic heterocycles. The van der Waals surface area contributed by atoms with Gasteiger partial charge in [0.2, 0.25) is 0 Å². The maximum Gasteiger partial charge on any atom is 0.261 e. The molecule has 2 aromatic rings. The molecule has 0 saturated carbocycles. The molecule has 1 amide bonds. The summed E-state index contributed by atoms with van der Waals surface area (Å²) in [5.41, 5.74) is 2.11. The lowest BCUT2D eigenvalue weighted by Crippen LogP contribution is -2.39. The molecule has 1 aliphatic heterocycles. The first kappa shape index (κ1) is 15.7. The van der Waals surface area contributed by atoms with Crippen molar-refractivity contribution in [3.05, 3.63) is 58.6 Å². The number of halogens is 1. The molecule has 0 spiro atoms. The average Bonchev–Trinajstić information content (AvgIpc) is 2.94. The van der Waals surface area contributed by atoms with E-state index in [1.807, 2.05) is 37.3 Å². The summed E-state index contributed by atoms with van der Waals surface area (Å²) in [6.45, 7) is 2.86. The van der Waals surface area contributed by atoms with E-state index in [0.29, 0.717) is 24.6 Å². The summed E-state index contributed by atoms with van der Waals surface area (Å²) in [6.07, 6.45) is 0.0444. The third kappa shape index (κ3) is 3.96. The molecule has 1 N–H and O–H groups in total. The van der Waals surface area contributed by atoms with Crippen LogP contribution in [-0.4, -0.2) is 25.2 Å². The van der Waals surface area contributed by atoms with Crippen molar-refractivity contribution >= 4 is 17.5 Å². The Labute approximate surface area is 140 Å². The number of fused-ring (bicyclic) bond motifs is 1. The second-order valence-electron chi connectivity index (χ2n) is 5.52. The number of nitrogens with one attached hydrogen (secondary N) is 1. The molecule has 0 fully saturated rings. The number of hydrogen-bond donors (Lipinski definition) is 1. The summed E-state index contributed by atoms with van der Waals surface area (Å²) in [7, 11) is 0. The first-order chi connectivity index (χ1) is 11.1. The molecule has 0 radical (unpaired) electrons. The van der Waals surface area contributed by atoms with Crippen LogP contribution in [0.5, 0.6) is 11.5 Å². The maximum atomic E-state index is 12.1. The highest BCUT2D eigenvalue weighted by atomic mass is 35.5. The Morgan fingerprint density at radius 3 is 3.04 bits per heavy atom. The number of ether oxygens (including phenoxy) is 2. The van der Waals surface area contributed by atoms with E-state index in [1.165, 1.54) is 0 Å². The van der Waals surface area contributed by atoms with Crippen LogP contribution in [0.4, 0.5) is 0 Å². The van der Waals surface area contributed by atoms with E-state index in [1.54, 1.807) is 12.1 Å². The lowest BCUT2D eigenvalue weighted by atomic mass is 10.1. The van der Waals surface area contributed by atoms with Crippen LogP contribution >= 0.6 is 11.6 Å². The highest BCUT2D eigenvalue weighted by Crippen LogP contribution is 2.31.